The number of aromatic nitrogens is 2. The molecule has 0 saturated carbocycles. The van der Waals surface area contributed by atoms with Crippen LogP contribution in [-0.2, 0) is 19.4 Å². The van der Waals surface area contributed by atoms with E-state index in [0.29, 0.717) is 12.5 Å². The molecule has 1 aliphatic rings. The zero-order valence-corrected chi connectivity index (χ0v) is 18.7. The average Bonchev–Trinajstić information content (AvgIpc) is 3.01. The molecule has 1 atom stereocenters. The molecule has 2 heterocycles. The molecular formula is C24H29FN2OS. The van der Waals surface area contributed by atoms with E-state index in [-0.39, 0.29) is 22.7 Å². The van der Waals surface area contributed by atoms with Gasteiger partial charge in [0.2, 0.25) is 0 Å². The van der Waals surface area contributed by atoms with Crippen LogP contribution in [0.5, 0.6) is 0 Å². The second-order valence-corrected chi connectivity index (χ2v) is 10.7. The Hall–Kier alpha value is -2.01. The fraction of sp³-hybridized carbons (Fsp3) is 0.500. The maximum Gasteiger partial charge on any atom is 0.262 e. The van der Waals surface area contributed by atoms with Gasteiger partial charge < -0.3 is 0 Å². The van der Waals surface area contributed by atoms with Crippen LogP contribution < -0.4 is 5.56 Å². The number of aryl methyl sites for hydroxylation is 1. The molecule has 3 nitrogen and oxygen atoms in total. The van der Waals surface area contributed by atoms with Gasteiger partial charge in [-0.1, -0.05) is 46.8 Å². The smallest absolute Gasteiger partial charge is 0.262 e. The molecule has 1 unspecified atom stereocenters. The highest BCUT2D eigenvalue weighted by Gasteiger charge is 2.32. The Balaban J connectivity index is 1.85. The van der Waals surface area contributed by atoms with Crippen molar-refractivity contribution in [2.45, 2.75) is 66.3 Å². The number of fused-ring (bicyclic) bond motifs is 3. The molecule has 0 saturated heterocycles. The van der Waals surface area contributed by atoms with Crippen molar-refractivity contribution in [2.75, 3.05) is 0 Å². The van der Waals surface area contributed by atoms with Crippen LogP contribution in [0.2, 0.25) is 0 Å². The Morgan fingerprint density at radius 2 is 2.07 bits per heavy atom. The highest BCUT2D eigenvalue weighted by atomic mass is 32.1. The van der Waals surface area contributed by atoms with Crippen LogP contribution in [-0.4, -0.2) is 9.55 Å². The Morgan fingerprint density at radius 1 is 1.31 bits per heavy atom. The van der Waals surface area contributed by atoms with E-state index < -0.39 is 0 Å². The van der Waals surface area contributed by atoms with Gasteiger partial charge in [0.05, 0.1) is 11.9 Å². The zero-order valence-electron chi connectivity index (χ0n) is 17.9. The van der Waals surface area contributed by atoms with Crippen LogP contribution in [0.15, 0.2) is 29.1 Å². The van der Waals surface area contributed by atoms with Gasteiger partial charge in [-0.3, -0.25) is 9.36 Å². The van der Waals surface area contributed by atoms with Gasteiger partial charge in [-0.2, -0.15) is 0 Å². The van der Waals surface area contributed by atoms with Crippen molar-refractivity contribution in [3.05, 3.63) is 62.3 Å². The minimum atomic E-state index is -0.281. The molecule has 0 radical (unpaired) electrons. The van der Waals surface area contributed by atoms with Crippen LogP contribution >= 0.6 is 11.3 Å². The van der Waals surface area contributed by atoms with Gasteiger partial charge in [-0.15, -0.1) is 11.3 Å². The van der Waals surface area contributed by atoms with Crippen molar-refractivity contribution >= 4 is 21.6 Å². The van der Waals surface area contributed by atoms with Gasteiger partial charge in [-0.05, 0) is 53.9 Å². The number of hydrogen-bond acceptors (Lipinski definition) is 3. The van der Waals surface area contributed by atoms with Crippen LogP contribution in [0.3, 0.4) is 0 Å². The predicted octanol–water partition coefficient (Wildman–Crippen LogP) is 5.92. The number of thiophene rings is 1. The Labute approximate surface area is 175 Å². The quantitative estimate of drug-likeness (QED) is 0.535. The lowest BCUT2D eigenvalue weighted by molar-refractivity contribution is 0.218. The molecule has 4 rings (SSSR count). The Morgan fingerprint density at radius 3 is 2.72 bits per heavy atom. The highest BCUT2D eigenvalue weighted by Crippen LogP contribution is 2.42. The van der Waals surface area contributed by atoms with Crippen molar-refractivity contribution in [3.8, 4) is 0 Å². The minimum absolute atomic E-state index is 0.0228. The lowest BCUT2D eigenvalue weighted by atomic mass is 9.72. The van der Waals surface area contributed by atoms with Crippen molar-refractivity contribution in [1.29, 1.82) is 0 Å². The lowest BCUT2D eigenvalue weighted by Gasteiger charge is -2.33. The molecule has 1 aliphatic carbocycles. The summed E-state index contributed by atoms with van der Waals surface area (Å²) in [6.07, 6.45) is 3.08. The van der Waals surface area contributed by atoms with Gasteiger partial charge >= 0.3 is 0 Å². The summed E-state index contributed by atoms with van der Waals surface area (Å²) in [7, 11) is 0. The summed E-state index contributed by atoms with van der Waals surface area (Å²) in [5.41, 5.74) is 2.27. The van der Waals surface area contributed by atoms with Crippen molar-refractivity contribution < 1.29 is 4.39 Å². The Kier molecular flexibility index (Phi) is 5.14. The first-order valence-corrected chi connectivity index (χ1v) is 11.3. The summed E-state index contributed by atoms with van der Waals surface area (Å²) >= 11 is 1.70. The van der Waals surface area contributed by atoms with Gasteiger partial charge in [0.1, 0.15) is 16.5 Å². The normalized spacial score (nSPS) is 17.1. The van der Waals surface area contributed by atoms with Gasteiger partial charge in [0, 0.05) is 10.8 Å². The van der Waals surface area contributed by atoms with E-state index in [1.54, 1.807) is 22.0 Å². The first kappa shape index (κ1) is 20.3. The highest BCUT2D eigenvalue weighted by molar-refractivity contribution is 7.18. The third-order valence-corrected chi connectivity index (χ3v) is 7.32. The first-order chi connectivity index (χ1) is 13.6. The van der Waals surface area contributed by atoms with Crippen molar-refractivity contribution in [2.24, 2.45) is 11.3 Å². The summed E-state index contributed by atoms with van der Waals surface area (Å²) < 4.78 is 15.4. The van der Waals surface area contributed by atoms with E-state index in [0.717, 1.165) is 40.9 Å². The van der Waals surface area contributed by atoms with E-state index in [2.05, 4.69) is 34.6 Å². The standard InChI is InChI=1S/C24H29FN2OS/c1-14(2)21-26-22-20(18-10-9-16(24(3,4)5)12-19(18)29-22)23(28)27(21)13-15-7-6-8-17(25)11-15/h6-8,11,14,16H,9-10,12-13H2,1-5H3. The van der Waals surface area contributed by atoms with Crippen molar-refractivity contribution in [3.63, 3.8) is 0 Å². The fourth-order valence-corrected chi connectivity index (χ4v) is 5.72. The zero-order chi connectivity index (χ0) is 20.9. The summed E-state index contributed by atoms with van der Waals surface area (Å²) in [6, 6.07) is 6.48. The minimum Gasteiger partial charge on any atom is -0.291 e. The molecule has 2 aromatic heterocycles. The summed E-state index contributed by atoms with van der Waals surface area (Å²) in [4.78, 5) is 20.7. The van der Waals surface area contributed by atoms with E-state index >= 15 is 0 Å². The molecule has 5 heteroatoms. The summed E-state index contributed by atoms with van der Waals surface area (Å²) in [5, 5.41) is 0.790. The van der Waals surface area contributed by atoms with Crippen molar-refractivity contribution in [1.82, 2.24) is 9.55 Å². The molecule has 0 bridgehead atoms. The third-order valence-electron chi connectivity index (χ3n) is 6.17. The molecule has 3 aromatic rings. The molecule has 0 aliphatic heterocycles. The number of benzene rings is 1. The second-order valence-electron chi connectivity index (χ2n) is 9.64. The first-order valence-electron chi connectivity index (χ1n) is 10.4. The molecule has 0 spiro atoms. The molecule has 29 heavy (non-hydrogen) atoms. The van der Waals surface area contributed by atoms with Gasteiger partial charge in [-0.25, -0.2) is 9.37 Å². The maximum atomic E-state index is 13.7. The van der Waals surface area contributed by atoms with E-state index in [9.17, 15) is 9.18 Å². The van der Waals surface area contributed by atoms with E-state index in [4.69, 9.17) is 4.98 Å². The number of rotatable bonds is 3. The molecule has 0 N–H and O–H groups in total. The average molecular weight is 413 g/mol. The number of hydrogen-bond donors (Lipinski definition) is 0. The van der Waals surface area contributed by atoms with Crippen LogP contribution in [0.4, 0.5) is 4.39 Å². The van der Waals surface area contributed by atoms with Crippen LogP contribution in [0, 0.1) is 17.2 Å². The number of halogens is 1. The molecule has 1 aromatic carbocycles. The van der Waals surface area contributed by atoms with E-state index in [1.807, 2.05) is 6.07 Å². The number of nitrogens with zero attached hydrogens (tertiary/aromatic N) is 2. The largest absolute Gasteiger partial charge is 0.291 e. The van der Waals surface area contributed by atoms with E-state index in [1.165, 1.54) is 22.6 Å². The summed E-state index contributed by atoms with van der Waals surface area (Å²) in [5.74, 6) is 1.24. The van der Waals surface area contributed by atoms with Crippen LogP contribution in [0.25, 0.3) is 10.2 Å². The lowest BCUT2D eigenvalue weighted by Crippen LogP contribution is -2.28. The molecule has 154 valence electrons. The molecular weight excluding hydrogens is 383 g/mol. The van der Waals surface area contributed by atoms with Crippen LogP contribution in [0.1, 0.15) is 68.8 Å². The molecule has 0 fully saturated rings. The second kappa shape index (κ2) is 7.35. The maximum absolute atomic E-state index is 13.7. The Bertz CT molecular complexity index is 1120. The summed E-state index contributed by atoms with van der Waals surface area (Å²) in [6.45, 7) is 11.4. The van der Waals surface area contributed by atoms with Gasteiger partial charge in [0.25, 0.3) is 5.56 Å². The fourth-order valence-electron chi connectivity index (χ4n) is 4.42. The van der Waals surface area contributed by atoms with Gasteiger partial charge in [0.15, 0.2) is 0 Å². The SMILES string of the molecule is CC(C)c1nc2sc3c(c2c(=O)n1Cc1cccc(F)c1)CCC(C(C)(C)C)C3. The topological polar surface area (TPSA) is 34.9 Å². The molecule has 0 amide bonds. The third kappa shape index (κ3) is 3.77. The monoisotopic (exact) mass is 412 g/mol. The predicted molar refractivity (Wildman–Crippen MR) is 118 cm³/mol.